The van der Waals surface area contributed by atoms with Crippen LogP contribution in [0.4, 0.5) is 0 Å². The van der Waals surface area contributed by atoms with Gasteiger partial charge in [0.15, 0.2) is 5.78 Å². The molecule has 4 heteroatoms. The first-order valence-corrected chi connectivity index (χ1v) is 10.7. The molecule has 0 amide bonds. The van der Waals surface area contributed by atoms with E-state index in [1.165, 1.54) is 0 Å². The molecule has 162 valence electrons. The SMILES string of the molecule is N#CC(C(=O)c1cc(OCc2ccccc2)ccc1OCc1ccccc1)c1ccccc1. The van der Waals surface area contributed by atoms with Gasteiger partial charge in [0, 0.05) is 0 Å². The molecule has 4 nitrogen and oxygen atoms in total. The second-order valence-electron chi connectivity index (χ2n) is 7.54. The highest BCUT2D eigenvalue weighted by Gasteiger charge is 2.25. The standard InChI is InChI=1S/C29H23NO3/c30-19-27(24-14-8-3-9-15-24)29(31)26-18-25(32-20-22-10-4-1-5-11-22)16-17-28(26)33-21-23-12-6-2-7-13-23/h1-18,27H,20-21H2. The molecule has 0 spiro atoms. The van der Waals surface area contributed by atoms with E-state index in [0.717, 1.165) is 11.1 Å². The first-order valence-electron chi connectivity index (χ1n) is 10.7. The molecule has 0 fully saturated rings. The van der Waals surface area contributed by atoms with Gasteiger partial charge in [-0.3, -0.25) is 4.79 Å². The zero-order chi connectivity index (χ0) is 22.9. The van der Waals surface area contributed by atoms with Crippen LogP contribution in [-0.2, 0) is 13.2 Å². The monoisotopic (exact) mass is 433 g/mol. The van der Waals surface area contributed by atoms with E-state index in [2.05, 4.69) is 6.07 Å². The van der Waals surface area contributed by atoms with Crippen LogP contribution < -0.4 is 9.47 Å². The minimum atomic E-state index is -0.936. The molecule has 4 aromatic rings. The van der Waals surface area contributed by atoms with Crippen LogP contribution in [0, 0.1) is 11.3 Å². The fourth-order valence-corrected chi connectivity index (χ4v) is 3.48. The zero-order valence-electron chi connectivity index (χ0n) is 18.1. The van der Waals surface area contributed by atoms with E-state index < -0.39 is 5.92 Å². The maximum absolute atomic E-state index is 13.5. The van der Waals surface area contributed by atoms with Crippen LogP contribution in [0.15, 0.2) is 109 Å². The Bertz CT molecular complexity index is 1230. The molecule has 0 bridgehead atoms. The van der Waals surface area contributed by atoms with Gasteiger partial charge < -0.3 is 9.47 Å². The van der Waals surface area contributed by atoms with Gasteiger partial charge in [0.25, 0.3) is 0 Å². The Morgan fingerprint density at radius 1 is 0.727 bits per heavy atom. The molecule has 1 unspecified atom stereocenters. The molecule has 4 rings (SSSR count). The topological polar surface area (TPSA) is 59.3 Å². The molecule has 0 aromatic heterocycles. The predicted molar refractivity (Wildman–Crippen MR) is 127 cm³/mol. The van der Waals surface area contributed by atoms with Crippen LogP contribution in [0.1, 0.15) is 33.0 Å². The number of hydrogen-bond donors (Lipinski definition) is 0. The Hall–Kier alpha value is -4.36. The lowest BCUT2D eigenvalue weighted by molar-refractivity contribution is 0.0974. The van der Waals surface area contributed by atoms with E-state index in [9.17, 15) is 10.1 Å². The highest BCUT2D eigenvalue weighted by Crippen LogP contribution is 2.31. The number of ether oxygens (including phenoxy) is 2. The van der Waals surface area contributed by atoms with Crippen LogP contribution in [0.25, 0.3) is 0 Å². The molecule has 0 saturated heterocycles. The van der Waals surface area contributed by atoms with Crippen molar-refractivity contribution in [1.82, 2.24) is 0 Å². The van der Waals surface area contributed by atoms with E-state index in [4.69, 9.17) is 9.47 Å². The van der Waals surface area contributed by atoms with Crippen molar-refractivity contribution in [3.8, 4) is 17.6 Å². The van der Waals surface area contributed by atoms with Crippen LogP contribution in [-0.4, -0.2) is 5.78 Å². The third-order valence-corrected chi connectivity index (χ3v) is 5.23. The zero-order valence-corrected chi connectivity index (χ0v) is 18.1. The Morgan fingerprint density at radius 2 is 1.27 bits per heavy atom. The van der Waals surface area contributed by atoms with Crippen molar-refractivity contribution in [2.75, 3.05) is 0 Å². The molecule has 1 atom stereocenters. The van der Waals surface area contributed by atoms with E-state index in [-0.39, 0.29) is 5.78 Å². The van der Waals surface area contributed by atoms with E-state index in [1.807, 2.05) is 78.9 Å². The van der Waals surface area contributed by atoms with Gasteiger partial charge in [-0.05, 0) is 34.9 Å². The minimum absolute atomic E-state index is 0.313. The Kier molecular flexibility index (Phi) is 7.15. The van der Waals surface area contributed by atoms with Crippen LogP contribution in [0.5, 0.6) is 11.5 Å². The van der Waals surface area contributed by atoms with Crippen LogP contribution >= 0.6 is 0 Å². The summed E-state index contributed by atoms with van der Waals surface area (Å²) in [6, 6.07) is 35.9. The van der Waals surface area contributed by atoms with Crippen LogP contribution in [0.2, 0.25) is 0 Å². The van der Waals surface area contributed by atoms with Crippen molar-refractivity contribution < 1.29 is 14.3 Å². The summed E-state index contributed by atoms with van der Waals surface area (Å²) in [5, 5.41) is 9.79. The van der Waals surface area contributed by atoms with Crippen molar-refractivity contribution >= 4 is 5.78 Å². The Labute approximate surface area is 193 Å². The molecule has 0 aliphatic carbocycles. The largest absolute Gasteiger partial charge is 0.489 e. The summed E-state index contributed by atoms with van der Waals surface area (Å²) in [7, 11) is 0. The van der Waals surface area contributed by atoms with Crippen LogP contribution in [0.3, 0.4) is 0 Å². The van der Waals surface area contributed by atoms with Crippen molar-refractivity contribution in [2.45, 2.75) is 19.1 Å². The third kappa shape index (κ3) is 5.66. The number of hydrogen-bond acceptors (Lipinski definition) is 4. The molecular weight excluding hydrogens is 410 g/mol. The molecule has 33 heavy (non-hydrogen) atoms. The van der Waals surface area contributed by atoms with Gasteiger partial charge in [-0.25, -0.2) is 0 Å². The number of carbonyl (C=O) groups is 1. The van der Waals surface area contributed by atoms with Crippen molar-refractivity contribution in [3.63, 3.8) is 0 Å². The number of Topliss-reactive ketones (excluding diaryl/α,β-unsaturated/α-hetero) is 1. The van der Waals surface area contributed by atoms with Crippen molar-refractivity contribution in [2.24, 2.45) is 0 Å². The number of nitrogens with zero attached hydrogens (tertiary/aromatic N) is 1. The maximum atomic E-state index is 13.5. The summed E-state index contributed by atoms with van der Waals surface area (Å²) in [6.07, 6.45) is 0. The number of ketones is 1. The van der Waals surface area contributed by atoms with Gasteiger partial charge in [0.05, 0.1) is 11.6 Å². The fraction of sp³-hybridized carbons (Fsp3) is 0.103. The maximum Gasteiger partial charge on any atom is 0.188 e. The molecule has 4 aromatic carbocycles. The first-order chi connectivity index (χ1) is 16.2. The average molecular weight is 434 g/mol. The lowest BCUT2D eigenvalue weighted by atomic mass is 9.91. The number of carbonyl (C=O) groups excluding carboxylic acids is 1. The van der Waals surface area contributed by atoms with Gasteiger partial charge in [-0.15, -0.1) is 0 Å². The van der Waals surface area contributed by atoms with Gasteiger partial charge in [0.2, 0.25) is 0 Å². The summed E-state index contributed by atoms with van der Waals surface area (Å²) >= 11 is 0. The lowest BCUT2D eigenvalue weighted by Crippen LogP contribution is -2.13. The predicted octanol–water partition coefficient (Wildman–Crippen LogP) is 6.33. The van der Waals surface area contributed by atoms with E-state index >= 15 is 0 Å². The molecule has 0 aliphatic heterocycles. The number of rotatable bonds is 9. The first kappa shape index (κ1) is 21.9. The smallest absolute Gasteiger partial charge is 0.188 e. The van der Waals surface area contributed by atoms with Gasteiger partial charge in [-0.2, -0.15) is 5.26 Å². The second kappa shape index (κ2) is 10.8. The molecule has 0 aliphatic rings. The highest BCUT2D eigenvalue weighted by molar-refractivity contribution is 6.05. The summed E-state index contributed by atoms with van der Waals surface area (Å²) in [5.41, 5.74) is 2.98. The summed E-state index contributed by atoms with van der Waals surface area (Å²) in [5.74, 6) is -0.294. The molecule has 0 N–H and O–H groups in total. The number of benzene rings is 4. The lowest BCUT2D eigenvalue weighted by Gasteiger charge is -2.16. The van der Waals surface area contributed by atoms with Gasteiger partial charge in [-0.1, -0.05) is 91.0 Å². The van der Waals surface area contributed by atoms with E-state index in [0.29, 0.717) is 35.8 Å². The highest BCUT2D eigenvalue weighted by atomic mass is 16.5. The van der Waals surface area contributed by atoms with Gasteiger partial charge >= 0.3 is 0 Å². The molecule has 0 saturated carbocycles. The van der Waals surface area contributed by atoms with Crippen molar-refractivity contribution in [3.05, 3.63) is 131 Å². The summed E-state index contributed by atoms with van der Waals surface area (Å²) in [4.78, 5) is 13.5. The number of nitriles is 1. The fourth-order valence-electron chi connectivity index (χ4n) is 3.48. The van der Waals surface area contributed by atoms with Gasteiger partial charge in [0.1, 0.15) is 30.6 Å². The minimum Gasteiger partial charge on any atom is -0.489 e. The molecule has 0 heterocycles. The summed E-state index contributed by atoms with van der Waals surface area (Å²) < 4.78 is 11.9. The molecule has 0 radical (unpaired) electrons. The Balaban J connectivity index is 1.62. The third-order valence-electron chi connectivity index (χ3n) is 5.23. The summed E-state index contributed by atoms with van der Waals surface area (Å²) in [6.45, 7) is 0.687. The second-order valence-corrected chi connectivity index (χ2v) is 7.54. The quantitative estimate of drug-likeness (QED) is 0.289. The van der Waals surface area contributed by atoms with Crippen molar-refractivity contribution in [1.29, 1.82) is 5.26 Å². The van der Waals surface area contributed by atoms with E-state index in [1.54, 1.807) is 30.3 Å². The normalized spacial score (nSPS) is 11.2. The molecular formula is C29H23NO3. The average Bonchev–Trinajstić information content (AvgIpc) is 2.88. The Morgan fingerprint density at radius 3 is 1.85 bits per heavy atom.